The summed E-state index contributed by atoms with van der Waals surface area (Å²) >= 11 is 0. The maximum Gasteiger partial charge on any atom is 0.238 e. The highest BCUT2D eigenvalue weighted by molar-refractivity contribution is 5.93. The van der Waals surface area contributed by atoms with Gasteiger partial charge in [-0.05, 0) is 88.3 Å². The second-order valence-electron chi connectivity index (χ2n) is 12.9. The average molecular weight is 639 g/mol. The van der Waals surface area contributed by atoms with Crippen LogP contribution in [0.2, 0.25) is 0 Å². The Morgan fingerprint density at radius 3 is 1.31 bits per heavy atom. The van der Waals surface area contributed by atoms with Crippen molar-refractivity contribution in [3.05, 3.63) is 129 Å². The average Bonchev–Trinajstić information content (AvgIpc) is 3.11. The molecule has 0 radical (unpaired) electrons. The van der Waals surface area contributed by atoms with E-state index < -0.39 is 0 Å². The van der Waals surface area contributed by atoms with Gasteiger partial charge in [0.25, 0.3) is 0 Å². The summed E-state index contributed by atoms with van der Waals surface area (Å²) < 4.78 is 0. The maximum atomic E-state index is 13.1. The summed E-state index contributed by atoms with van der Waals surface area (Å²) in [6.07, 6.45) is 7.01. The highest BCUT2D eigenvalue weighted by atomic mass is 16.2. The first-order valence-corrected chi connectivity index (χ1v) is 17.2. The maximum absolute atomic E-state index is 13.1. The van der Waals surface area contributed by atoms with Gasteiger partial charge in [-0.2, -0.15) is 0 Å². The van der Waals surface area contributed by atoms with Crippen LogP contribution in [0.15, 0.2) is 107 Å². The zero-order valence-corrected chi connectivity index (χ0v) is 27.3. The van der Waals surface area contributed by atoms with Crippen molar-refractivity contribution in [3.63, 3.8) is 0 Å². The molecule has 48 heavy (non-hydrogen) atoms. The number of nitrogens with zero attached hydrogens (tertiary/aromatic N) is 4. The second-order valence-corrected chi connectivity index (χ2v) is 12.9. The SMILES string of the molecule is O=C(CN1CCCCC1)Nc1ccc2/c(c1)=C(c1ccccc1)\N=c1/ccc(NC(=O)CN3CCCCC3)c/c1=C(c1ccccc1)/N=2. The number of hydrogen-bond donors (Lipinski definition) is 2. The Labute approximate surface area is 281 Å². The van der Waals surface area contributed by atoms with E-state index in [0.717, 1.165) is 95.5 Å². The van der Waals surface area contributed by atoms with E-state index in [1.807, 2.05) is 97.1 Å². The molecule has 7 rings (SSSR count). The number of nitrogens with one attached hydrogen (secondary N) is 2. The van der Waals surface area contributed by atoms with Crippen LogP contribution in [0.25, 0.3) is 11.4 Å². The molecule has 3 aliphatic heterocycles. The van der Waals surface area contributed by atoms with E-state index in [0.29, 0.717) is 24.5 Å². The minimum absolute atomic E-state index is 0.0189. The topological polar surface area (TPSA) is 89.4 Å². The van der Waals surface area contributed by atoms with Gasteiger partial charge in [0.05, 0.1) is 35.2 Å². The standard InChI is InChI=1S/C40H42N6O2/c47-37(27-45-21-9-3-10-22-45)41-31-17-19-35-33(25-31)39(29-13-5-1-6-14-29)43-36-20-18-32(42-38(48)28-46-23-11-4-12-24-46)26-34(36)40(44-35)30-15-7-2-8-16-30/h1-2,5-8,13-20,25-26H,3-4,9-12,21-24,27-28H2,(H,41,47)(H,42,48)/b39-33-,40-34-,43-36+,43-39?,44-35+,44-40?. The van der Waals surface area contributed by atoms with Gasteiger partial charge in [0.1, 0.15) is 0 Å². The van der Waals surface area contributed by atoms with Crippen molar-refractivity contribution in [1.82, 2.24) is 9.80 Å². The van der Waals surface area contributed by atoms with Gasteiger partial charge in [-0.3, -0.25) is 19.4 Å². The van der Waals surface area contributed by atoms with Gasteiger partial charge < -0.3 is 10.6 Å². The largest absolute Gasteiger partial charge is 0.325 e. The number of benzene rings is 4. The number of anilines is 2. The van der Waals surface area contributed by atoms with Crippen LogP contribution in [-0.4, -0.2) is 60.9 Å². The van der Waals surface area contributed by atoms with Gasteiger partial charge in [0.15, 0.2) is 0 Å². The molecular formula is C40H42N6O2. The first-order valence-electron chi connectivity index (χ1n) is 17.2. The lowest BCUT2D eigenvalue weighted by Gasteiger charge is -2.25. The molecule has 0 saturated carbocycles. The minimum Gasteiger partial charge on any atom is -0.325 e. The normalized spacial score (nSPS) is 20.4. The predicted molar refractivity (Wildman–Crippen MR) is 190 cm³/mol. The number of hydrogen-bond acceptors (Lipinski definition) is 6. The molecule has 4 aromatic rings. The van der Waals surface area contributed by atoms with Crippen LogP contribution in [0.4, 0.5) is 11.4 Å². The molecule has 0 spiro atoms. The van der Waals surface area contributed by atoms with Gasteiger partial charge in [-0.1, -0.05) is 73.5 Å². The Morgan fingerprint density at radius 2 is 0.917 bits per heavy atom. The molecule has 2 amide bonds. The number of carbonyl (C=O) groups excluding carboxylic acids is 2. The molecule has 0 atom stereocenters. The number of piperidine rings is 2. The van der Waals surface area contributed by atoms with E-state index in [1.54, 1.807) is 0 Å². The Balaban J connectivity index is 1.34. The smallest absolute Gasteiger partial charge is 0.238 e. The molecule has 2 saturated heterocycles. The third-order valence-electron chi connectivity index (χ3n) is 9.26. The van der Waals surface area contributed by atoms with Crippen molar-refractivity contribution in [2.45, 2.75) is 38.5 Å². The van der Waals surface area contributed by atoms with Gasteiger partial charge in [-0.25, -0.2) is 9.98 Å². The summed E-state index contributed by atoms with van der Waals surface area (Å²) in [7, 11) is 0. The third-order valence-corrected chi connectivity index (χ3v) is 9.26. The predicted octanol–water partition coefficient (Wildman–Crippen LogP) is 3.80. The Hall–Kier alpha value is -4.92. The highest BCUT2D eigenvalue weighted by Crippen LogP contribution is 2.17. The zero-order chi connectivity index (χ0) is 32.7. The van der Waals surface area contributed by atoms with E-state index in [4.69, 9.17) is 9.98 Å². The summed E-state index contributed by atoms with van der Waals surface area (Å²) in [4.78, 5) is 41.3. The Bertz CT molecular complexity index is 1880. The molecule has 2 fully saturated rings. The number of fused-ring (bicyclic) bond motifs is 2. The number of rotatable bonds is 8. The van der Waals surface area contributed by atoms with Gasteiger partial charge in [-0.15, -0.1) is 0 Å². The molecule has 2 N–H and O–H groups in total. The van der Waals surface area contributed by atoms with Gasteiger partial charge >= 0.3 is 0 Å². The molecule has 0 aromatic heterocycles. The summed E-state index contributed by atoms with van der Waals surface area (Å²) in [5.74, 6) is -0.0378. The minimum atomic E-state index is -0.0189. The van der Waals surface area contributed by atoms with Crippen molar-refractivity contribution in [2.75, 3.05) is 49.9 Å². The first kappa shape index (κ1) is 31.7. The molecule has 0 aliphatic carbocycles. The lowest BCUT2D eigenvalue weighted by atomic mass is 10.1. The molecule has 0 unspecified atom stereocenters. The molecule has 244 valence electrons. The molecular weight excluding hydrogens is 596 g/mol. The van der Waals surface area contributed by atoms with Gasteiger partial charge in [0.2, 0.25) is 11.8 Å². The van der Waals surface area contributed by atoms with Crippen molar-refractivity contribution in [1.29, 1.82) is 0 Å². The third kappa shape index (κ3) is 7.62. The van der Waals surface area contributed by atoms with Crippen LogP contribution in [0.3, 0.4) is 0 Å². The highest BCUT2D eigenvalue weighted by Gasteiger charge is 2.17. The number of amides is 2. The number of carbonyl (C=O) groups is 2. The van der Waals surface area contributed by atoms with E-state index in [1.165, 1.54) is 12.8 Å². The van der Waals surface area contributed by atoms with Crippen LogP contribution >= 0.6 is 0 Å². The van der Waals surface area contributed by atoms with Crippen molar-refractivity contribution < 1.29 is 9.59 Å². The summed E-state index contributed by atoms with van der Waals surface area (Å²) in [5.41, 5.74) is 4.83. The lowest BCUT2D eigenvalue weighted by molar-refractivity contribution is -0.118. The monoisotopic (exact) mass is 638 g/mol. The van der Waals surface area contributed by atoms with Crippen LogP contribution in [0.1, 0.15) is 49.7 Å². The van der Waals surface area contributed by atoms with E-state index in [9.17, 15) is 9.59 Å². The Kier molecular flexibility index (Phi) is 9.82. The fourth-order valence-electron chi connectivity index (χ4n) is 6.84. The molecule has 8 nitrogen and oxygen atoms in total. The molecule has 3 heterocycles. The van der Waals surface area contributed by atoms with E-state index in [-0.39, 0.29) is 11.8 Å². The van der Waals surface area contributed by atoms with E-state index >= 15 is 0 Å². The molecule has 3 aliphatic rings. The fraction of sp³-hybridized carbons (Fsp3) is 0.300. The van der Waals surface area contributed by atoms with Crippen LogP contribution in [-0.2, 0) is 9.59 Å². The summed E-state index contributed by atoms with van der Waals surface area (Å²) in [6, 6.07) is 31.9. The number of likely N-dealkylation sites (tertiary alicyclic amines) is 2. The summed E-state index contributed by atoms with van der Waals surface area (Å²) in [5, 5.41) is 9.42. The molecule has 4 aromatic carbocycles. The van der Waals surface area contributed by atoms with Crippen LogP contribution < -0.4 is 31.8 Å². The van der Waals surface area contributed by atoms with Crippen molar-refractivity contribution in [3.8, 4) is 0 Å². The second kappa shape index (κ2) is 14.9. The van der Waals surface area contributed by atoms with Crippen molar-refractivity contribution in [2.24, 2.45) is 9.98 Å². The van der Waals surface area contributed by atoms with Crippen LogP contribution in [0.5, 0.6) is 0 Å². The molecule has 0 bridgehead atoms. The quantitative estimate of drug-likeness (QED) is 0.308. The molecule has 8 heteroatoms. The van der Waals surface area contributed by atoms with E-state index in [2.05, 4.69) is 20.4 Å². The lowest BCUT2D eigenvalue weighted by Crippen LogP contribution is -2.38. The zero-order valence-electron chi connectivity index (χ0n) is 27.3. The first-order chi connectivity index (χ1) is 23.6. The fourth-order valence-corrected chi connectivity index (χ4v) is 6.84. The van der Waals surface area contributed by atoms with Crippen molar-refractivity contribution >= 4 is 34.6 Å². The van der Waals surface area contributed by atoms with Crippen LogP contribution in [0, 0.1) is 0 Å². The van der Waals surface area contributed by atoms with Gasteiger partial charge in [0, 0.05) is 32.9 Å². The Morgan fingerprint density at radius 1 is 0.521 bits per heavy atom. The summed E-state index contributed by atoms with van der Waals surface area (Å²) in [6.45, 7) is 4.62.